The maximum atomic E-state index is 13.1. The minimum absolute atomic E-state index is 0.0947. The Hall–Kier alpha value is -3.17. The number of carbonyl (C=O) groups is 1. The van der Waals surface area contributed by atoms with E-state index >= 15 is 0 Å². The van der Waals surface area contributed by atoms with E-state index in [0.717, 1.165) is 25.9 Å². The number of ether oxygens (including phenoxy) is 1. The zero-order valence-electron chi connectivity index (χ0n) is 24.1. The van der Waals surface area contributed by atoms with Gasteiger partial charge in [0.15, 0.2) is 0 Å². The zero-order chi connectivity index (χ0) is 27.4. The van der Waals surface area contributed by atoms with Crippen LogP contribution >= 0.6 is 0 Å². The summed E-state index contributed by atoms with van der Waals surface area (Å²) in [4.78, 5) is 15.7. The van der Waals surface area contributed by atoms with E-state index in [1.165, 1.54) is 69.5 Å². The van der Waals surface area contributed by atoms with Gasteiger partial charge in [0, 0.05) is 19.1 Å². The van der Waals surface area contributed by atoms with Crippen molar-refractivity contribution in [2.45, 2.75) is 97.4 Å². The lowest BCUT2D eigenvalue weighted by Gasteiger charge is -2.32. The molecule has 0 aliphatic carbocycles. The van der Waals surface area contributed by atoms with Crippen LogP contribution in [0.5, 0.6) is 0 Å². The van der Waals surface area contributed by atoms with Gasteiger partial charge < -0.3 is 4.74 Å². The summed E-state index contributed by atoms with van der Waals surface area (Å²) in [5.74, 6) is -0.0947. The number of carbonyl (C=O) groups excluding carboxylic acids is 1. The number of nitrogens with zero attached hydrogens (tertiary/aromatic N) is 1. The number of esters is 1. The number of fused-ring (bicyclic) bond motifs is 7. The molecule has 1 aliphatic heterocycles. The summed E-state index contributed by atoms with van der Waals surface area (Å²) in [5, 5.41) is 5.14. The van der Waals surface area contributed by atoms with Crippen molar-refractivity contribution in [1.82, 2.24) is 4.90 Å². The topological polar surface area (TPSA) is 29.5 Å². The van der Waals surface area contributed by atoms with Crippen molar-refractivity contribution in [2.24, 2.45) is 0 Å². The van der Waals surface area contributed by atoms with Gasteiger partial charge in [0.1, 0.15) is 5.60 Å². The summed E-state index contributed by atoms with van der Waals surface area (Å²) >= 11 is 0. The SMILES string of the molecule is CCCCCCC[C@H](CC(=O)OC(C)(C)C)N1Cc2ccc3ccccc3c2-c2c(ccc3ccccc23)C1. The van der Waals surface area contributed by atoms with Crippen molar-refractivity contribution >= 4 is 27.5 Å². The Labute approximate surface area is 234 Å². The van der Waals surface area contributed by atoms with Crippen molar-refractivity contribution < 1.29 is 9.53 Å². The van der Waals surface area contributed by atoms with Gasteiger partial charge in [-0.05, 0) is 71.0 Å². The lowest BCUT2D eigenvalue weighted by Crippen LogP contribution is -2.37. The van der Waals surface area contributed by atoms with Crippen LogP contribution in [0.1, 0.15) is 83.8 Å². The van der Waals surface area contributed by atoms with Gasteiger partial charge in [-0.15, -0.1) is 0 Å². The fourth-order valence-corrected chi connectivity index (χ4v) is 6.21. The predicted octanol–water partition coefficient (Wildman–Crippen LogP) is 9.44. The first-order chi connectivity index (χ1) is 18.8. The number of hydrogen-bond donors (Lipinski definition) is 0. The molecule has 0 unspecified atom stereocenters. The molecular weight excluding hydrogens is 478 g/mol. The Balaban J connectivity index is 1.58. The zero-order valence-corrected chi connectivity index (χ0v) is 24.1. The summed E-state index contributed by atoms with van der Waals surface area (Å²) in [5.41, 5.74) is 4.90. The molecule has 4 aromatic rings. The van der Waals surface area contributed by atoms with Gasteiger partial charge in [-0.3, -0.25) is 9.69 Å². The average molecular weight is 522 g/mol. The van der Waals surface area contributed by atoms with Crippen LogP contribution in [0.3, 0.4) is 0 Å². The predicted molar refractivity (Wildman–Crippen MR) is 164 cm³/mol. The van der Waals surface area contributed by atoms with Crippen LogP contribution in [0.15, 0.2) is 72.8 Å². The molecule has 0 saturated heterocycles. The molecule has 0 bridgehead atoms. The van der Waals surface area contributed by atoms with Gasteiger partial charge in [0.25, 0.3) is 0 Å². The lowest BCUT2D eigenvalue weighted by molar-refractivity contribution is -0.156. The third-order valence-corrected chi connectivity index (χ3v) is 8.01. The Morgan fingerprint density at radius 1 is 0.769 bits per heavy atom. The number of unbranched alkanes of at least 4 members (excludes halogenated alkanes) is 4. The monoisotopic (exact) mass is 521 g/mol. The highest BCUT2D eigenvalue weighted by atomic mass is 16.6. The van der Waals surface area contributed by atoms with Crippen molar-refractivity contribution in [1.29, 1.82) is 0 Å². The molecule has 1 atom stereocenters. The van der Waals surface area contributed by atoms with E-state index in [1.54, 1.807) is 0 Å². The fourth-order valence-electron chi connectivity index (χ4n) is 6.21. The summed E-state index contributed by atoms with van der Waals surface area (Å²) in [6.45, 7) is 9.78. The first-order valence-corrected chi connectivity index (χ1v) is 14.8. The highest BCUT2D eigenvalue weighted by Crippen LogP contribution is 2.42. The van der Waals surface area contributed by atoms with E-state index in [9.17, 15) is 4.79 Å². The Morgan fingerprint density at radius 2 is 1.31 bits per heavy atom. The quantitative estimate of drug-likeness (QED) is 0.162. The molecule has 0 radical (unpaired) electrons. The van der Waals surface area contributed by atoms with Crippen molar-refractivity contribution in [2.75, 3.05) is 0 Å². The van der Waals surface area contributed by atoms with Gasteiger partial charge in [-0.2, -0.15) is 0 Å². The van der Waals surface area contributed by atoms with Crippen molar-refractivity contribution in [3.8, 4) is 11.1 Å². The summed E-state index contributed by atoms with van der Waals surface area (Å²) in [7, 11) is 0. The van der Waals surface area contributed by atoms with E-state index < -0.39 is 5.60 Å². The molecule has 0 N–H and O–H groups in total. The van der Waals surface area contributed by atoms with Crippen molar-refractivity contribution in [3.05, 3.63) is 83.9 Å². The minimum atomic E-state index is -0.474. The summed E-state index contributed by atoms with van der Waals surface area (Å²) < 4.78 is 5.82. The maximum Gasteiger partial charge on any atom is 0.307 e. The second kappa shape index (κ2) is 11.9. The average Bonchev–Trinajstić information content (AvgIpc) is 3.08. The van der Waals surface area contributed by atoms with Crippen LogP contribution in [0, 0.1) is 0 Å². The highest BCUT2D eigenvalue weighted by Gasteiger charge is 2.29. The highest BCUT2D eigenvalue weighted by molar-refractivity contribution is 6.08. The lowest BCUT2D eigenvalue weighted by atomic mass is 9.88. The Morgan fingerprint density at radius 3 is 1.85 bits per heavy atom. The molecule has 1 heterocycles. The number of benzene rings is 4. The maximum absolute atomic E-state index is 13.1. The second-order valence-corrected chi connectivity index (χ2v) is 12.2. The van der Waals surface area contributed by atoms with Crippen LogP contribution in [0.2, 0.25) is 0 Å². The molecule has 0 spiro atoms. The first kappa shape index (κ1) is 27.4. The van der Waals surface area contributed by atoms with Gasteiger partial charge in [0.2, 0.25) is 0 Å². The minimum Gasteiger partial charge on any atom is -0.460 e. The molecule has 4 aromatic carbocycles. The first-order valence-electron chi connectivity index (χ1n) is 14.8. The van der Waals surface area contributed by atoms with Crippen LogP contribution in [0.4, 0.5) is 0 Å². The van der Waals surface area contributed by atoms with E-state index in [0.29, 0.717) is 6.42 Å². The van der Waals surface area contributed by atoms with E-state index in [1.807, 2.05) is 20.8 Å². The van der Waals surface area contributed by atoms with Crippen LogP contribution in [-0.4, -0.2) is 22.5 Å². The molecule has 0 fully saturated rings. The Kier molecular flexibility index (Phi) is 8.37. The third-order valence-electron chi connectivity index (χ3n) is 8.01. The second-order valence-electron chi connectivity index (χ2n) is 12.2. The number of rotatable bonds is 9. The third kappa shape index (κ3) is 6.36. The van der Waals surface area contributed by atoms with E-state index in [-0.39, 0.29) is 12.0 Å². The molecular formula is C36H43NO2. The molecule has 39 heavy (non-hydrogen) atoms. The molecule has 0 saturated carbocycles. The summed E-state index contributed by atoms with van der Waals surface area (Å²) in [6, 6.07) is 26.8. The van der Waals surface area contributed by atoms with Gasteiger partial charge in [-0.25, -0.2) is 0 Å². The molecule has 3 nitrogen and oxygen atoms in total. The molecule has 0 amide bonds. The number of hydrogen-bond acceptors (Lipinski definition) is 3. The fraction of sp³-hybridized carbons (Fsp3) is 0.417. The molecule has 204 valence electrons. The van der Waals surface area contributed by atoms with Gasteiger partial charge >= 0.3 is 5.97 Å². The van der Waals surface area contributed by atoms with Gasteiger partial charge in [-0.1, -0.05) is 112 Å². The van der Waals surface area contributed by atoms with E-state index in [2.05, 4.69) is 84.6 Å². The normalized spacial score (nSPS) is 14.6. The summed E-state index contributed by atoms with van der Waals surface area (Å²) in [6.07, 6.45) is 7.57. The van der Waals surface area contributed by atoms with Gasteiger partial charge in [0.05, 0.1) is 6.42 Å². The van der Waals surface area contributed by atoms with Crippen LogP contribution in [0.25, 0.3) is 32.7 Å². The molecule has 3 heteroatoms. The van der Waals surface area contributed by atoms with Crippen molar-refractivity contribution in [3.63, 3.8) is 0 Å². The van der Waals surface area contributed by atoms with Crippen LogP contribution < -0.4 is 0 Å². The standard InChI is InChI=1S/C36H43NO2/c1-5-6-7-8-9-16-30(23-33(38)39-36(2,3)4)37-24-28-21-19-26-14-10-12-17-31(26)34(28)35-29(25-37)22-20-27-15-11-13-18-32(27)35/h10-15,17-22,30H,5-9,16,23-25H2,1-4H3/t30-/m1/s1. The smallest absolute Gasteiger partial charge is 0.307 e. The van der Waals surface area contributed by atoms with E-state index in [4.69, 9.17) is 4.74 Å². The van der Waals surface area contributed by atoms with Crippen LogP contribution in [-0.2, 0) is 22.6 Å². The Bertz CT molecular complexity index is 1360. The molecule has 0 aromatic heterocycles. The molecule has 5 rings (SSSR count). The largest absolute Gasteiger partial charge is 0.460 e. The molecule has 1 aliphatic rings.